The molecule has 1 unspecified atom stereocenters. The number of nitrogens with one attached hydrogen (secondary N) is 1. The van der Waals surface area contributed by atoms with E-state index in [9.17, 15) is 0 Å². The molecule has 0 aliphatic carbocycles. The smallest absolute Gasteiger partial charge is 0.121 e. The summed E-state index contributed by atoms with van der Waals surface area (Å²) in [6, 6.07) is 16.5. The molecule has 4 nitrogen and oxygen atoms in total. The summed E-state index contributed by atoms with van der Waals surface area (Å²) >= 11 is 0. The zero-order valence-corrected chi connectivity index (χ0v) is 17.7. The first-order valence-electron chi connectivity index (χ1n) is 11.1. The van der Waals surface area contributed by atoms with E-state index in [1.807, 2.05) is 24.3 Å². The van der Waals surface area contributed by atoms with Crippen molar-refractivity contribution in [1.82, 2.24) is 0 Å². The van der Waals surface area contributed by atoms with Crippen LogP contribution in [0.3, 0.4) is 0 Å². The molecule has 4 heteroatoms. The second-order valence-electron chi connectivity index (χ2n) is 7.73. The molecule has 1 fully saturated rings. The summed E-state index contributed by atoms with van der Waals surface area (Å²) in [6.07, 6.45) is 8.77. The van der Waals surface area contributed by atoms with Gasteiger partial charge in [0.1, 0.15) is 18.1 Å². The van der Waals surface area contributed by atoms with Crippen LogP contribution in [-0.4, -0.2) is 25.9 Å². The van der Waals surface area contributed by atoms with Crippen molar-refractivity contribution in [2.75, 3.05) is 25.1 Å². The number of hydrogen-bond acceptors (Lipinski definition) is 4. The van der Waals surface area contributed by atoms with Crippen LogP contribution < -0.4 is 14.8 Å². The molecule has 0 radical (unpaired) electrons. The van der Waals surface area contributed by atoms with Gasteiger partial charge in [-0.05, 0) is 49.1 Å². The van der Waals surface area contributed by atoms with E-state index in [2.05, 4.69) is 36.5 Å². The van der Waals surface area contributed by atoms with Crippen LogP contribution in [-0.2, 0) is 11.3 Å². The van der Waals surface area contributed by atoms with E-state index in [1.54, 1.807) is 0 Å². The topological polar surface area (TPSA) is 39.7 Å². The van der Waals surface area contributed by atoms with Crippen LogP contribution in [0.1, 0.15) is 57.4 Å². The minimum Gasteiger partial charge on any atom is -0.494 e. The van der Waals surface area contributed by atoms with E-state index < -0.39 is 0 Å². The number of unbranched alkanes of at least 4 members (excludes halogenated alkanes) is 4. The van der Waals surface area contributed by atoms with Crippen LogP contribution >= 0.6 is 0 Å². The van der Waals surface area contributed by atoms with Crippen LogP contribution in [0.4, 0.5) is 5.69 Å². The van der Waals surface area contributed by atoms with E-state index in [1.165, 1.54) is 31.2 Å². The third kappa shape index (κ3) is 7.98. The minimum absolute atomic E-state index is 0.252. The first-order valence-corrected chi connectivity index (χ1v) is 11.1. The lowest BCUT2D eigenvalue weighted by atomic mass is 10.2. The van der Waals surface area contributed by atoms with Gasteiger partial charge in [0, 0.05) is 24.9 Å². The van der Waals surface area contributed by atoms with Gasteiger partial charge in [0.25, 0.3) is 0 Å². The van der Waals surface area contributed by atoms with E-state index in [-0.39, 0.29) is 6.10 Å². The quantitative estimate of drug-likeness (QED) is 0.408. The van der Waals surface area contributed by atoms with Crippen molar-refractivity contribution in [3.63, 3.8) is 0 Å². The molecule has 0 amide bonds. The Hall–Kier alpha value is -2.20. The largest absolute Gasteiger partial charge is 0.494 e. The molecule has 3 rings (SSSR count). The molecule has 1 aliphatic rings. The van der Waals surface area contributed by atoms with Crippen LogP contribution in [0.15, 0.2) is 48.5 Å². The van der Waals surface area contributed by atoms with E-state index in [0.717, 1.165) is 56.2 Å². The number of anilines is 1. The predicted octanol–water partition coefficient (Wildman–Crippen LogP) is 6.21. The van der Waals surface area contributed by atoms with E-state index in [0.29, 0.717) is 6.61 Å². The summed E-state index contributed by atoms with van der Waals surface area (Å²) in [7, 11) is 0. The van der Waals surface area contributed by atoms with E-state index >= 15 is 0 Å². The lowest BCUT2D eigenvalue weighted by molar-refractivity contribution is 0.0679. The molecule has 1 aliphatic heterocycles. The Bertz CT molecular complexity index is 695. The zero-order chi connectivity index (χ0) is 20.2. The van der Waals surface area contributed by atoms with Gasteiger partial charge >= 0.3 is 0 Å². The maximum Gasteiger partial charge on any atom is 0.121 e. The molecule has 2 aromatic carbocycles. The van der Waals surface area contributed by atoms with Crippen LogP contribution in [0.5, 0.6) is 11.5 Å². The summed E-state index contributed by atoms with van der Waals surface area (Å²) in [4.78, 5) is 0. The molecular formula is C25H35NO3. The van der Waals surface area contributed by atoms with Gasteiger partial charge in [0.05, 0.1) is 12.7 Å². The Morgan fingerprint density at radius 2 is 1.83 bits per heavy atom. The second-order valence-corrected chi connectivity index (χ2v) is 7.73. The molecule has 1 N–H and O–H groups in total. The van der Waals surface area contributed by atoms with Crippen LogP contribution in [0, 0.1) is 0 Å². The average molecular weight is 398 g/mol. The summed E-state index contributed by atoms with van der Waals surface area (Å²) in [6.45, 7) is 5.31. The molecular weight excluding hydrogens is 362 g/mol. The Morgan fingerprint density at radius 1 is 0.966 bits per heavy atom. The first-order chi connectivity index (χ1) is 14.3. The van der Waals surface area contributed by atoms with Crippen LogP contribution in [0.2, 0.25) is 0 Å². The maximum atomic E-state index is 5.90. The fraction of sp³-hybridized carbons (Fsp3) is 0.520. The Labute approximate surface area is 175 Å². The predicted molar refractivity (Wildman–Crippen MR) is 119 cm³/mol. The fourth-order valence-corrected chi connectivity index (χ4v) is 3.46. The highest BCUT2D eigenvalue weighted by Gasteiger charge is 2.15. The fourth-order valence-electron chi connectivity index (χ4n) is 3.46. The average Bonchev–Trinajstić information content (AvgIpc) is 3.28. The molecule has 0 spiro atoms. The molecule has 0 saturated carbocycles. The van der Waals surface area contributed by atoms with Gasteiger partial charge in [-0.2, -0.15) is 0 Å². The number of benzene rings is 2. The van der Waals surface area contributed by atoms with Crippen molar-refractivity contribution < 1.29 is 14.2 Å². The highest BCUT2D eigenvalue weighted by Crippen LogP contribution is 2.20. The summed E-state index contributed by atoms with van der Waals surface area (Å²) in [5.74, 6) is 1.84. The van der Waals surface area contributed by atoms with Gasteiger partial charge in [0.15, 0.2) is 0 Å². The van der Waals surface area contributed by atoms with Gasteiger partial charge in [-0.25, -0.2) is 0 Å². The molecule has 1 saturated heterocycles. The summed E-state index contributed by atoms with van der Waals surface area (Å²) in [5.41, 5.74) is 2.30. The first kappa shape index (κ1) is 21.5. The number of hydrogen-bond donors (Lipinski definition) is 1. The number of rotatable bonds is 13. The summed E-state index contributed by atoms with van der Waals surface area (Å²) in [5, 5.41) is 3.48. The lowest BCUT2D eigenvalue weighted by Crippen LogP contribution is -2.16. The second kappa shape index (κ2) is 12.4. The number of ether oxygens (including phenoxy) is 3. The third-order valence-corrected chi connectivity index (χ3v) is 5.23. The van der Waals surface area contributed by atoms with Crippen molar-refractivity contribution in [3.8, 4) is 11.5 Å². The lowest BCUT2D eigenvalue weighted by Gasteiger charge is -2.12. The van der Waals surface area contributed by atoms with Gasteiger partial charge in [-0.1, -0.05) is 50.8 Å². The van der Waals surface area contributed by atoms with Gasteiger partial charge in [0.2, 0.25) is 0 Å². The van der Waals surface area contributed by atoms with Crippen LogP contribution in [0.25, 0.3) is 0 Å². The minimum atomic E-state index is 0.252. The SMILES string of the molecule is CCCCCCCOc1cccc(NCc2ccc(OCC3CCCO3)cc2)c1. The zero-order valence-electron chi connectivity index (χ0n) is 17.7. The third-order valence-electron chi connectivity index (χ3n) is 5.23. The Kier molecular flexibility index (Phi) is 9.18. The van der Waals surface area contributed by atoms with Crippen molar-refractivity contribution in [1.29, 1.82) is 0 Å². The van der Waals surface area contributed by atoms with Gasteiger partial charge in [-0.15, -0.1) is 0 Å². The van der Waals surface area contributed by atoms with Gasteiger partial charge in [-0.3, -0.25) is 0 Å². The Balaban J connectivity index is 1.37. The molecule has 158 valence electrons. The molecule has 1 heterocycles. The van der Waals surface area contributed by atoms with Gasteiger partial charge < -0.3 is 19.5 Å². The maximum absolute atomic E-state index is 5.90. The highest BCUT2D eigenvalue weighted by molar-refractivity contribution is 5.48. The Morgan fingerprint density at radius 3 is 2.62 bits per heavy atom. The van der Waals surface area contributed by atoms with Crippen molar-refractivity contribution >= 4 is 5.69 Å². The van der Waals surface area contributed by atoms with Crippen molar-refractivity contribution in [2.45, 2.75) is 64.5 Å². The molecule has 0 aromatic heterocycles. The molecule has 29 heavy (non-hydrogen) atoms. The molecule has 1 atom stereocenters. The van der Waals surface area contributed by atoms with Crippen molar-refractivity contribution in [2.24, 2.45) is 0 Å². The standard InChI is InChI=1S/C25H35NO3/c1-2-3-4-5-6-16-27-24-10-7-9-22(18-24)26-19-21-12-14-23(15-13-21)29-20-25-11-8-17-28-25/h7,9-10,12-15,18,25-26H,2-6,8,11,16-17,19-20H2,1H3. The van der Waals surface area contributed by atoms with Crippen molar-refractivity contribution in [3.05, 3.63) is 54.1 Å². The molecule has 0 bridgehead atoms. The normalized spacial score (nSPS) is 16.0. The molecule has 2 aromatic rings. The van der Waals surface area contributed by atoms with E-state index in [4.69, 9.17) is 14.2 Å². The highest BCUT2D eigenvalue weighted by atomic mass is 16.5. The summed E-state index contributed by atoms with van der Waals surface area (Å²) < 4.78 is 17.3. The monoisotopic (exact) mass is 397 g/mol.